The summed E-state index contributed by atoms with van der Waals surface area (Å²) in [5.74, 6) is 0.402. The molecule has 0 fully saturated rings. The summed E-state index contributed by atoms with van der Waals surface area (Å²) in [4.78, 5) is 0.867. The van der Waals surface area contributed by atoms with Crippen molar-refractivity contribution in [2.75, 3.05) is 12.4 Å². The summed E-state index contributed by atoms with van der Waals surface area (Å²) in [5, 5.41) is 26.8. The van der Waals surface area contributed by atoms with Crippen LogP contribution in [0.15, 0.2) is 23.1 Å². The number of hydrogen-bond acceptors (Lipinski definition) is 4. The second-order valence-electron chi connectivity index (χ2n) is 2.90. The van der Waals surface area contributed by atoms with E-state index >= 15 is 0 Å². The molecule has 1 atom stereocenters. The highest BCUT2D eigenvalue weighted by Crippen LogP contribution is 2.24. The number of nitrogens with zero attached hydrogens (tertiary/aromatic N) is 1. The number of halogens is 1. The van der Waals surface area contributed by atoms with Gasteiger partial charge in [-0.3, -0.25) is 0 Å². The standard InChI is InChI=1S/C10H10ClNO2S/c11-10-3-9(2-1-7(10)4-12)15-6-8(14)5-13/h1-3,8,13-14H,5-6H2. The normalized spacial score (nSPS) is 12.1. The van der Waals surface area contributed by atoms with Crippen LogP contribution >= 0.6 is 23.4 Å². The Hall–Kier alpha value is -0.730. The quantitative estimate of drug-likeness (QED) is 0.790. The van der Waals surface area contributed by atoms with Crippen LogP contribution < -0.4 is 0 Å². The van der Waals surface area contributed by atoms with Crippen LogP contribution in [0.25, 0.3) is 0 Å². The van der Waals surface area contributed by atoms with Gasteiger partial charge < -0.3 is 10.2 Å². The molecule has 0 aliphatic rings. The Morgan fingerprint density at radius 2 is 2.27 bits per heavy atom. The summed E-state index contributed by atoms with van der Waals surface area (Å²) in [7, 11) is 0. The lowest BCUT2D eigenvalue weighted by Gasteiger charge is -2.06. The van der Waals surface area contributed by atoms with E-state index in [1.54, 1.807) is 18.2 Å². The van der Waals surface area contributed by atoms with Crippen molar-refractivity contribution in [3.05, 3.63) is 28.8 Å². The predicted octanol–water partition coefficient (Wildman–Crippen LogP) is 1.66. The van der Waals surface area contributed by atoms with E-state index < -0.39 is 6.10 Å². The van der Waals surface area contributed by atoms with Gasteiger partial charge >= 0.3 is 0 Å². The van der Waals surface area contributed by atoms with E-state index in [1.807, 2.05) is 6.07 Å². The lowest BCUT2D eigenvalue weighted by Crippen LogP contribution is -2.14. The Kier molecular flexibility index (Phi) is 4.92. The van der Waals surface area contributed by atoms with Gasteiger partial charge in [-0.1, -0.05) is 11.6 Å². The summed E-state index contributed by atoms with van der Waals surface area (Å²) in [5.41, 5.74) is 0.434. The van der Waals surface area contributed by atoms with E-state index in [9.17, 15) is 0 Å². The molecule has 3 nitrogen and oxygen atoms in total. The third-order valence-electron chi connectivity index (χ3n) is 1.71. The maximum atomic E-state index is 9.13. The molecule has 1 rings (SSSR count). The molecule has 0 amide bonds. The van der Waals surface area contributed by atoms with Crippen LogP contribution in [0.2, 0.25) is 5.02 Å². The van der Waals surface area contributed by atoms with E-state index in [2.05, 4.69) is 0 Å². The first-order valence-electron chi connectivity index (χ1n) is 4.28. The van der Waals surface area contributed by atoms with Crippen LogP contribution in [0, 0.1) is 11.3 Å². The minimum Gasteiger partial charge on any atom is -0.394 e. The third-order valence-corrected chi connectivity index (χ3v) is 3.17. The average molecular weight is 244 g/mol. The monoisotopic (exact) mass is 243 g/mol. The van der Waals surface area contributed by atoms with Crippen molar-refractivity contribution in [1.29, 1.82) is 5.26 Å². The molecule has 0 saturated carbocycles. The summed E-state index contributed by atoms with van der Waals surface area (Å²) >= 11 is 7.21. The van der Waals surface area contributed by atoms with Crippen LogP contribution in [0.5, 0.6) is 0 Å². The number of hydrogen-bond donors (Lipinski definition) is 2. The van der Waals surface area contributed by atoms with Crippen molar-refractivity contribution in [3.8, 4) is 6.07 Å². The molecular weight excluding hydrogens is 234 g/mol. The van der Waals surface area contributed by atoms with Crippen molar-refractivity contribution in [1.82, 2.24) is 0 Å². The van der Waals surface area contributed by atoms with Crippen molar-refractivity contribution in [2.24, 2.45) is 0 Å². The van der Waals surface area contributed by atoms with E-state index in [-0.39, 0.29) is 6.61 Å². The van der Waals surface area contributed by atoms with Gasteiger partial charge in [0, 0.05) is 10.6 Å². The molecule has 2 N–H and O–H groups in total. The third kappa shape index (κ3) is 3.73. The second kappa shape index (κ2) is 5.99. The van der Waals surface area contributed by atoms with Crippen molar-refractivity contribution < 1.29 is 10.2 Å². The highest BCUT2D eigenvalue weighted by Gasteiger charge is 2.05. The first-order chi connectivity index (χ1) is 7.17. The molecule has 0 saturated heterocycles. The molecule has 0 bridgehead atoms. The molecule has 1 unspecified atom stereocenters. The van der Waals surface area contributed by atoms with Crippen molar-refractivity contribution in [2.45, 2.75) is 11.0 Å². The van der Waals surface area contributed by atoms with Gasteiger partial charge in [-0.25, -0.2) is 0 Å². The number of nitriles is 1. The molecule has 0 aliphatic heterocycles. The van der Waals surface area contributed by atoms with Gasteiger partial charge in [0.05, 0.1) is 23.3 Å². The lowest BCUT2D eigenvalue weighted by molar-refractivity contribution is 0.113. The smallest absolute Gasteiger partial charge is 0.101 e. The molecule has 5 heteroatoms. The molecular formula is C10H10ClNO2S. The molecule has 0 spiro atoms. The SMILES string of the molecule is N#Cc1ccc(SCC(O)CO)cc1Cl. The first kappa shape index (κ1) is 12.3. The predicted molar refractivity (Wildman–Crippen MR) is 60.0 cm³/mol. The Balaban J connectivity index is 2.64. The minimum atomic E-state index is -0.732. The fourth-order valence-electron chi connectivity index (χ4n) is 0.921. The van der Waals surface area contributed by atoms with Crippen LogP contribution in [-0.4, -0.2) is 28.7 Å². The highest BCUT2D eigenvalue weighted by molar-refractivity contribution is 7.99. The highest BCUT2D eigenvalue weighted by atomic mass is 35.5. The number of thioether (sulfide) groups is 1. The van der Waals surface area contributed by atoms with Gasteiger partial charge in [0.15, 0.2) is 0 Å². The fraction of sp³-hybridized carbons (Fsp3) is 0.300. The van der Waals surface area contributed by atoms with Crippen molar-refractivity contribution in [3.63, 3.8) is 0 Å². The maximum Gasteiger partial charge on any atom is 0.101 e. The van der Waals surface area contributed by atoms with Crippen LogP contribution in [0.3, 0.4) is 0 Å². The van der Waals surface area contributed by atoms with Gasteiger partial charge in [0.2, 0.25) is 0 Å². The van der Waals surface area contributed by atoms with Gasteiger partial charge in [-0.05, 0) is 18.2 Å². The summed E-state index contributed by atoms with van der Waals surface area (Å²) < 4.78 is 0. The first-order valence-corrected chi connectivity index (χ1v) is 5.65. The maximum absolute atomic E-state index is 9.13. The van der Waals surface area contributed by atoms with E-state index in [1.165, 1.54) is 11.8 Å². The second-order valence-corrected chi connectivity index (χ2v) is 4.40. The number of aliphatic hydroxyl groups is 2. The average Bonchev–Trinajstić information content (AvgIpc) is 2.26. The number of rotatable bonds is 4. The van der Waals surface area contributed by atoms with E-state index in [0.717, 1.165) is 4.90 Å². The topological polar surface area (TPSA) is 64.2 Å². The number of aliphatic hydroxyl groups excluding tert-OH is 2. The van der Waals surface area contributed by atoms with Crippen molar-refractivity contribution >= 4 is 23.4 Å². The summed E-state index contributed by atoms with van der Waals surface area (Å²) in [6, 6.07) is 7.04. The Morgan fingerprint density at radius 1 is 1.53 bits per heavy atom. The summed E-state index contributed by atoms with van der Waals surface area (Å²) in [6.07, 6.45) is -0.732. The molecule has 80 valence electrons. The molecule has 0 aliphatic carbocycles. The molecule has 0 heterocycles. The van der Waals surface area contributed by atoms with Crippen LogP contribution in [0.1, 0.15) is 5.56 Å². The summed E-state index contributed by atoms with van der Waals surface area (Å²) in [6.45, 7) is -0.253. The Morgan fingerprint density at radius 3 is 2.80 bits per heavy atom. The number of benzene rings is 1. The van der Waals surface area contributed by atoms with Gasteiger partial charge in [0.25, 0.3) is 0 Å². The molecule has 0 radical (unpaired) electrons. The Labute approximate surface area is 97.3 Å². The Bertz CT molecular complexity index is 378. The van der Waals surface area contributed by atoms with E-state index in [4.69, 9.17) is 27.1 Å². The van der Waals surface area contributed by atoms with E-state index in [0.29, 0.717) is 16.3 Å². The van der Waals surface area contributed by atoms with Gasteiger partial charge in [0.1, 0.15) is 6.07 Å². The fourth-order valence-corrected chi connectivity index (χ4v) is 2.06. The molecule has 0 aromatic heterocycles. The van der Waals surface area contributed by atoms with Crippen LogP contribution in [0.4, 0.5) is 0 Å². The lowest BCUT2D eigenvalue weighted by atomic mass is 10.2. The minimum absolute atomic E-state index is 0.253. The van der Waals surface area contributed by atoms with Gasteiger partial charge in [-0.2, -0.15) is 5.26 Å². The molecule has 1 aromatic carbocycles. The largest absolute Gasteiger partial charge is 0.394 e. The molecule has 15 heavy (non-hydrogen) atoms. The zero-order valence-corrected chi connectivity index (χ0v) is 9.42. The molecule has 1 aromatic rings. The zero-order chi connectivity index (χ0) is 11.3. The van der Waals surface area contributed by atoms with Crippen LogP contribution in [-0.2, 0) is 0 Å². The van der Waals surface area contributed by atoms with Gasteiger partial charge in [-0.15, -0.1) is 11.8 Å². The zero-order valence-electron chi connectivity index (χ0n) is 7.85.